The molecule has 1 rings (SSSR count). The Labute approximate surface area is 114 Å². The summed E-state index contributed by atoms with van der Waals surface area (Å²) in [4.78, 5) is 0. The predicted octanol–water partition coefficient (Wildman–Crippen LogP) is 3.62. The lowest BCUT2D eigenvalue weighted by Crippen LogP contribution is -2.57. The molecule has 0 heterocycles. The molecular formula is C11H9ClF6O2. The topological polar surface area (TPSA) is 40.5 Å². The Balaban J connectivity index is 3.09. The molecule has 0 saturated heterocycles. The molecule has 1 aromatic carbocycles. The second-order valence-electron chi connectivity index (χ2n) is 4.13. The van der Waals surface area contributed by atoms with Gasteiger partial charge in [-0.15, -0.1) is 0 Å². The monoisotopic (exact) mass is 322 g/mol. The zero-order valence-corrected chi connectivity index (χ0v) is 10.4. The average molecular weight is 323 g/mol. The summed E-state index contributed by atoms with van der Waals surface area (Å²) in [6, 6.07) is 4.70. The highest BCUT2D eigenvalue weighted by atomic mass is 35.5. The van der Waals surface area contributed by atoms with Gasteiger partial charge in [0.2, 0.25) is 0 Å². The van der Waals surface area contributed by atoms with Crippen molar-refractivity contribution in [2.45, 2.75) is 30.5 Å². The molecule has 0 aliphatic heterocycles. The molecule has 0 spiro atoms. The molecule has 0 radical (unpaired) electrons. The first-order chi connectivity index (χ1) is 8.88. The van der Waals surface area contributed by atoms with E-state index in [4.69, 9.17) is 16.7 Å². The van der Waals surface area contributed by atoms with Crippen LogP contribution in [0.4, 0.5) is 26.3 Å². The van der Waals surface area contributed by atoms with Gasteiger partial charge < -0.3 is 10.2 Å². The minimum atomic E-state index is -5.97. The van der Waals surface area contributed by atoms with E-state index in [2.05, 4.69) is 0 Å². The zero-order chi connectivity index (χ0) is 15.8. The van der Waals surface area contributed by atoms with Crippen molar-refractivity contribution in [3.05, 3.63) is 34.9 Å². The van der Waals surface area contributed by atoms with Crippen molar-refractivity contribution in [3.63, 3.8) is 0 Å². The minimum Gasteiger partial charge on any atom is -0.388 e. The molecular weight excluding hydrogens is 314 g/mol. The Morgan fingerprint density at radius 3 is 1.95 bits per heavy atom. The van der Waals surface area contributed by atoms with E-state index in [-0.39, 0.29) is 10.6 Å². The minimum absolute atomic E-state index is 0.0316. The quantitative estimate of drug-likeness (QED) is 0.835. The van der Waals surface area contributed by atoms with Crippen LogP contribution in [0.2, 0.25) is 5.02 Å². The van der Waals surface area contributed by atoms with Crippen molar-refractivity contribution < 1.29 is 36.6 Å². The highest BCUT2D eigenvalue weighted by Crippen LogP contribution is 2.47. The SMILES string of the molecule is OC(CC(O)(C(F)(F)F)C(F)(F)F)c1cccc(Cl)c1. The highest BCUT2D eigenvalue weighted by Gasteiger charge is 2.70. The Hall–Kier alpha value is -0.990. The van der Waals surface area contributed by atoms with E-state index in [0.717, 1.165) is 12.1 Å². The summed E-state index contributed by atoms with van der Waals surface area (Å²) in [5, 5.41) is 18.5. The summed E-state index contributed by atoms with van der Waals surface area (Å²) in [6.45, 7) is 0. The van der Waals surface area contributed by atoms with Crippen LogP contribution in [0.15, 0.2) is 24.3 Å². The van der Waals surface area contributed by atoms with Crippen molar-refractivity contribution in [1.29, 1.82) is 0 Å². The molecule has 0 aliphatic rings. The van der Waals surface area contributed by atoms with Crippen LogP contribution in [0.5, 0.6) is 0 Å². The molecule has 0 saturated carbocycles. The van der Waals surface area contributed by atoms with Crippen molar-refractivity contribution in [3.8, 4) is 0 Å². The lowest BCUT2D eigenvalue weighted by Gasteiger charge is -2.33. The Kier molecular flexibility index (Phi) is 4.62. The summed E-state index contributed by atoms with van der Waals surface area (Å²) in [5.74, 6) is 0. The van der Waals surface area contributed by atoms with E-state index in [0.29, 0.717) is 0 Å². The van der Waals surface area contributed by atoms with E-state index in [1.807, 2.05) is 0 Å². The Bertz CT molecular complexity index is 457. The smallest absolute Gasteiger partial charge is 0.388 e. The third-order valence-corrected chi connectivity index (χ3v) is 2.90. The fraction of sp³-hybridized carbons (Fsp3) is 0.455. The van der Waals surface area contributed by atoms with Crippen LogP contribution in [-0.4, -0.2) is 28.2 Å². The van der Waals surface area contributed by atoms with Crippen LogP contribution in [0.3, 0.4) is 0 Å². The molecule has 0 amide bonds. The summed E-state index contributed by atoms with van der Waals surface area (Å²) >= 11 is 5.52. The molecule has 0 bridgehead atoms. The molecule has 2 N–H and O–H groups in total. The molecule has 1 unspecified atom stereocenters. The van der Waals surface area contributed by atoms with Crippen LogP contribution in [-0.2, 0) is 0 Å². The number of halogens is 7. The van der Waals surface area contributed by atoms with Crippen LogP contribution in [0.25, 0.3) is 0 Å². The molecule has 1 atom stereocenters. The van der Waals surface area contributed by atoms with E-state index in [9.17, 15) is 31.4 Å². The first kappa shape index (κ1) is 17.1. The van der Waals surface area contributed by atoms with Gasteiger partial charge in [0.15, 0.2) is 0 Å². The van der Waals surface area contributed by atoms with Crippen molar-refractivity contribution in [1.82, 2.24) is 0 Å². The molecule has 1 aromatic rings. The number of alkyl halides is 6. The molecule has 114 valence electrons. The maximum absolute atomic E-state index is 12.4. The lowest BCUT2D eigenvalue weighted by atomic mass is 9.91. The predicted molar refractivity (Wildman–Crippen MR) is 58.1 cm³/mol. The van der Waals surface area contributed by atoms with E-state index >= 15 is 0 Å². The van der Waals surface area contributed by atoms with Gasteiger partial charge in [0.25, 0.3) is 5.60 Å². The first-order valence-corrected chi connectivity index (χ1v) is 5.55. The Morgan fingerprint density at radius 2 is 1.55 bits per heavy atom. The van der Waals surface area contributed by atoms with Gasteiger partial charge in [-0.2, -0.15) is 26.3 Å². The van der Waals surface area contributed by atoms with Gasteiger partial charge in [-0.3, -0.25) is 0 Å². The van der Waals surface area contributed by atoms with Crippen LogP contribution < -0.4 is 0 Å². The number of hydrogen-bond acceptors (Lipinski definition) is 2. The molecule has 2 nitrogen and oxygen atoms in total. The fourth-order valence-corrected chi connectivity index (χ4v) is 1.70. The van der Waals surface area contributed by atoms with Crippen molar-refractivity contribution in [2.75, 3.05) is 0 Å². The number of hydrogen-bond donors (Lipinski definition) is 2. The van der Waals surface area contributed by atoms with Crippen molar-refractivity contribution in [2.24, 2.45) is 0 Å². The largest absolute Gasteiger partial charge is 0.426 e. The summed E-state index contributed by atoms with van der Waals surface area (Å²) in [7, 11) is 0. The van der Waals surface area contributed by atoms with Gasteiger partial charge in [-0.25, -0.2) is 0 Å². The fourth-order valence-electron chi connectivity index (χ4n) is 1.50. The van der Waals surface area contributed by atoms with E-state index in [1.165, 1.54) is 12.1 Å². The standard InChI is InChI=1S/C11H9ClF6O2/c12-7-3-1-2-6(4-7)8(19)5-9(20,10(13,14)15)11(16,17)18/h1-4,8,19-20H,5H2. The summed E-state index contributed by atoms with van der Waals surface area (Å²) in [5.41, 5.74) is -5.26. The van der Waals surface area contributed by atoms with Crippen LogP contribution in [0, 0.1) is 0 Å². The third-order valence-electron chi connectivity index (χ3n) is 2.66. The highest BCUT2D eigenvalue weighted by molar-refractivity contribution is 6.30. The van der Waals surface area contributed by atoms with Gasteiger partial charge in [0, 0.05) is 11.4 Å². The number of aliphatic hydroxyl groups is 2. The maximum Gasteiger partial charge on any atom is 0.426 e. The van der Waals surface area contributed by atoms with Gasteiger partial charge in [-0.1, -0.05) is 23.7 Å². The van der Waals surface area contributed by atoms with Gasteiger partial charge >= 0.3 is 12.4 Å². The van der Waals surface area contributed by atoms with Crippen LogP contribution >= 0.6 is 11.6 Å². The van der Waals surface area contributed by atoms with E-state index in [1.54, 1.807) is 0 Å². The zero-order valence-electron chi connectivity index (χ0n) is 9.63. The lowest BCUT2D eigenvalue weighted by molar-refractivity contribution is -0.374. The second-order valence-corrected chi connectivity index (χ2v) is 4.57. The second kappa shape index (κ2) is 5.42. The average Bonchev–Trinajstić information content (AvgIpc) is 2.25. The maximum atomic E-state index is 12.4. The number of aliphatic hydroxyl groups excluding tert-OH is 1. The molecule has 0 aromatic heterocycles. The summed E-state index contributed by atoms with van der Waals surface area (Å²) in [6.07, 6.45) is -16.1. The van der Waals surface area contributed by atoms with Crippen LogP contribution in [0.1, 0.15) is 18.1 Å². The number of benzene rings is 1. The van der Waals surface area contributed by atoms with Gasteiger partial charge in [0.1, 0.15) is 0 Å². The number of rotatable bonds is 3. The third kappa shape index (κ3) is 3.36. The Morgan fingerprint density at radius 1 is 1.05 bits per heavy atom. The van der Waals surface area contributed by atoms with Gasteiger partial charge in [0.05, 0.1) is 6.10 Å². The molecule has 0 aliphatic carbocycles. The van der Waals surface area contributed by atoms with Crippen molar-refractivity contribution >= 4 is 11.6 Å². The summed E-state index contributed by atoms with van der Waals surface area (Å²) < 4.78 is 74.7. The normalized spacial score (nSPS) is 15.2. The first-order valence-electron chi connectivity index (χ1n) is 5.18. The molecule has 0 fully saturated rings. The van der Waals surface area contributed by atoms with Gasteiger partial charge in [-0.05, 0) is 17.7 Å². The molecule has 9 heteroatoms. The molecule has 20 heavy (non-hydrogen) atoms. The van der Waals surface area contributed by atoms with E-state index < -0.39 is 30.5 Å².